The van der Waals surface area contributed by atoms with Gasteiger partial charge in [0.25, 0.3) is 17.7 Å². The van der Waals surface area contributed by atoms with Crippen molar-refractivity contribution < 1.29 is 19.2 Å². The first-order valence-electron chi connectivity index (χ1n) is 10.1. The molecule has 1 aromatic carbocycles. The van der Waals surface area contributed by atoms with Crippen LogP contribution in [0.15, 0.2) is 35.7 Å². The van der Waals surface area contributed by atoms with Gasteiger partial charge in [0.2, 0.25) is 0 Å². The number of rotatable bonds is 5. The highest BCUT2D eigenvalue weighted by molar-refractivity contribution is 7.12. The molecule has 3 amide bonds. The molecule has 2 aromatic rings. The minimum Gasteiger partial charge on any atom is -0.291 e. The SMILES string of the molecule is O=C(CN(C(=O)c1ccc(Cl)c(Cl)c1)N1C(=O)[C@@H]2[C@H]3CC[C@@H](C3)[C@@H]2C1=O)c1cccs1. The molecule has 2 saturated carbocycles. The summed E-state index contributed by atoms with van der Waals surface area (Å²) in [6.45, 7) is -0.411. The summed E-state index contributed by atoms with van der Waals surface area (Å²) in [5.74, 6) is -2.19. The molecule has 1 aliphatic heterocycles. The average molecular weight is 477 g/mol. The van der Waals surface area contributed by atoms with Gasteiger partial charge in [-0.05, 0) is 60.7 Å². The monoisotopic (exact) mass is 476 g/mol. The normalized spacial score (nSPS) is 26.5. The lowest BCUT2D eigenvalue weighted by atomic mass is 9.81. The van der Waals surface area contributed by atoms with Crippen LogP contribution in [0.5, 0.6) is 0 Å². The second-order valence-corrected chi connectivity index (χ2v) is 10.0. The molecule has 31 heavy (non-hydrogen) atoms. The summed E-state index contributed by atoms with van der Waals surface area (Å²) < 4.78 is 0. The van der Waals surface area contributed by atoms with Crippen molar-refractivity contribution in [2.24, 2.45) is 23.7 Å². The molecule has 6 nitrogen and oxygen atoms in total. The van der Waals surface area contributed by atoms with Gasteiger partial charge in [0.05, 0.1) is 26.8 Å². The smallest absolute Gasteiger partial charge is 0.273 e. The molecule has 0 spiro atoms. The van der Waals surface area contributed by atoms with Gasteiger partial charge in [0, 0.05) is 5.56 Å². The van der Waals surface area contributed by atoms with E-state index in [2.05, 4.69) is 0 Å². The largest absolute Gasteiger partial charge is 0.291 e. The number of fused-ring (bicyclic) bond motifs is 5. The van der Waals surface area contributed by atoms with E-state index in [1.54, 1.807) is 17.5 Å². The Hall–Kier alpha value is -2.22. The minimum absolute atomic E-state index is 0.147. The molecule has 4 atom stereocenters. The second-order valence-electron chi connectivity index (χ2n) is 8.27. The van der Waals surface area contributed by atoms with E-state index in [1.165, 1.54) is 29.5 Å². The van der Waals surface area contributed by atoms with Crippen molar-refractivity contribution in [2.45, 2.75) is 19.3 Å². The Morgan fingerprint density at radius 2 is 1.71 bits per heavy atom. The van der Waals surface area contributed by atoms with Gasteiger partial charge in [-0.25, -0.2) is 5.01 Å². The van der Waals surface area contributed by atoms with Crippen molar-refractivity contribution in [1.82, 2.24) is 10.0 Å². The van der Waals surface area contributed by atoms with Gasteiger partial charge < -0.3 is 0 Å². The summed E-state index contributed by atoms with van der Waals surface area (Å²) in [5, 5.41) is 4.12. The Balaban J connectivity index is 1.51. The maximum Gasteiger partial charge on any atom is 0.273 e. The van der Waals surface area contributed by atoms with Crippen LogP contribution in [0, 0.1) is 23.7 Å². The van der Waals surface area contributed by atoms with Crippen LogP contribution >= 0.6 is 34.5 Å². The summed E-state index contributed by atoms with van der Waals surface area (Å²) in [7, 11) is 0. The van der Waals surface area contributed by atoms with E-state index in [0.29, 0.717) is 4.88 Å². The molecule has 160 valence electrons. The van der Waals surface area contributed by atoms with Gasteiger partial charge in [-0.3, -0.25) is 19.2 Å². The first-order chi connectivity index (χ1) is 14.9. The minimum atomic E-state index is -0.641. The van der Waals surface area contributed by atoms with Crippen molar-refractivity contribution in [3.63, 3.8) is 0 Å². The van der Waals surface area contributed by atoms with Gasteiger partial charge in [0.15, 0.2) is 5.78 Å². The quantitative estimate of drug-likeness (QED) is 0.475. The standard InChI is InChI=1S/C22H18Cl2N2O4S/c23-14-6-5-13(9-15(14)24)20(28)25(10-16(27)17-2-1-7-31-17)26-21(29)18-11-3-4-12(8-11)19(18)22(26)30/h1-2,5-7,9,11-12,18-19H,3-4,8,10H2/t11-,12-,18-,19+/m0/s1. The fraction of sp³-hybridized carbons (Fsp3) is 0.364. The first-order valence-corrected chi connectivity index (χ1v) is 11.7. The predicted octanol–water partition coefficient (Wildman–Crippen LogP) is 4.33. The van der Waals surface area contributed by atoms with Crippen molar-refractivity contribution in [2.75, 3.05) is 6.54 Å². The van der Waals surface area contributed by atoms with E-state index >= 15 is 0 Å². The third kappa shape index (κ3) is 3.30. The molecular weight excluding hydrogens is 459 g/mol. The molecule has 9 heteroatoms. The van der Waals surface area contributed by atoms with E-state index in [4.69, 9.17) is 23.2 Å². The highest BCUT2D eigenvalue weighted by Crippen LogP contribution is 2.56. The summed E-state index contributed by atoms with van der Waals surface area (Å²) >= 11 is 13.3. The molecule has 0 radical (unpaired) electrons. The lowest BCUT2D eigenvalue weighted by Crippen LogP contribution is -2.52. The molecule has 1 saturated heterocycles. The second kappa shape index (κ2) is 7.73. The zero-order valence-corrected chi connectivity index (χ0v) is 18.6. The number of imide groups is 1. The highest BCUT2D eigenvalue weighted by atomic mass is 35.5. The van der Waals surface area contributed by atoms with Crippen molar-refractivity contribution in [3.05, 3.63) is 56.2 Å². The number of ketones is 1. The van der Waals surface area contributed by atoms with E-state index in [1.807, 2.05) is 0 Å². The Kier molecular flexibility index (Phi) is 5.15. The molecule has 2 bridgehead atoms. The van der Waals surface area contributed by atoms with Gasteiger partial charge in [0.1, 0.15) is 6.54 Å². The molecule has 2 heterocycles. The third-order valence-corrected chi connectivity index (χ3v) is 8.29. The fourth-order valence-electron chi connectivity index (χ4n) is 5.29. The van der Waals surface area contributed by atoms with Crippen LogP contribution in [0.25, 0.3) is 0 Å². The zero-order chi connectivity index (χ0) is 21.9. The molecule has 1 aromatic heterocycles. The first kappa shape index (κ1) is 20.7. The predicted molar refractivity (Wildman–Crippen MR) is 116 cm³/mol. The lowest BCUT2D eigenvalue weighted by Gasteiger charge is -2.30. The Bertz CT molecular complexity index is 1070. The number of hydrogen-bond acceptors (Lipinski definition) is 5. The number of benzene rings is 1. The molecule has 3 aliphatic rings. The van der Waals surface area contributed by atoms with Gasteiger partial charge in [-0.15, -0.1) is 11.3 Å². The van der Waals surface area contributed by atoms with Crippen molar-refractivity contribution >= 4 is 58.0 Å². The molecule has 3 fully saturated rings. The Labute approximate surface area is 192 Å². The maximum absolute atomic E-state index is 13.4. The molecular formula is C22H18Cl2N2O4S. The Morgan fingerprint density at radius 3 is 2.29 bits per heavy atom. The highest BCUT2D eigenvalue weighted by Gasteiger charge is 2.62. The van der Waals surface area contributed by atoms with Crippen LogP contribution in [0.2, 0.25) is 10.0 Å². The van der Waals surface area contributed by atoms with E-state index < -0.39 is 24.3 Å². The summed E-state index contributed by atoms with van der Waals surface area (Å²) in [6.07, 6.45) is 2.73. The van der Waals surface area contributed by atoms with Crippen LogP contribution < -0.4 is 0 Å². The van der Waals surface area contributed by atoms with Crippen molar-refractivity contribution in [3.8, 4) is 0 Å². The number of amides is 3. The molecule has 2 aliphatic carbocycles. The van der Waals surface area contributed by atoms with Crippen LogP contribution in [-0.2, 0) is 9.59 Å². The van der Waals surface area contributed by atoms with Crippen LogP contribution in [0.1, 0.15) is 39.3 Å². The topological polar surface area (TPSA) is 74.8 Å². The van der Waals surface area contributed by atoms with E-state index in [9.17, 15) is 19.2 Å². The third-order valence-electron chi connectivity index (χ3n) is 6.64. The number of hydrogen-bond donors (Lipinski definition) is 0. The summed E-state index contributed by atoms with van der Waals surface area (Å²) in [6, 6.07) is 7.70. The zero-order valence-electron chi connectivity index (χ0n) is 16.3. The number of nitrogens with zero attached hydrogens (tertiary/aromatic N) is 2. The van der Waals surface area contributed by atoms with E-state index in [0.717, 1.165) is 29.3 Å². The summed E-state index contributed by atoms with van der Waals surface area (Å²) in [5.41, 5.74) is 0.147. The van der Waals surface area contributed by atoms with E-state index in [-0.39, 0.29) is 45.0 Å². The van der Waals surface area contributed by atoms with Gasteiger partial charge in [-0.1, -0.05) is 29.3 Å². The fourth-order valence-corrected chi connectivity index (χ4v) is 6.25. The lowest BCUT2D eigenvalue weighted by molar-refractivity contribution is -0.154. The number of Topliss-reactive ketones (excluding diaryl/α,β-unsaturated/α-hetero) is 1. The number of hydrazine groups is 1. The van der Waals surface area contributed by atoms with Crippen molar-refractivity contribution in [1.29, 1.82) is 0 Å². The van der Waals surface area contributed by atoms with Crippen LogP contribution in [0.4, 0.5) is 0 Å². The maximum atomic E-state index is 13.4. The van der Waals surface area contributed by atoms with Crippen LogP contribution in [0.3, 0.4) is 0 Å². The average Bonchev–Trinajstić information content (AvgIpc) is 3.53. The summed E-state index contributed by atoms with van der Waals surface area (Å²) in [4.78, 5) is 53.3. The van der Waals surface area contributed by atoms with Crippen LogP contribution in [-0.4, -0.2) is 40.1 Å². The van der Waals surface area contributed by atoms with Gasteiger partial charge in [-0.2, -0.15) is 5.01 Å². The van der Waals surface area contributed by atoms with Gasteiger partial charge >= 0.3 is 0 Å². The molecule has 0 unspecified atom stereocenters. The Morgan fingerprint density at radius 1 is 1.03 bits per heavy atom. The number of carbonyl (C=O) groups excluding carboxylic acids is 4. The number of carbonyl (C=O) groups is 4. The molecule has 5 rings (SSSR count). The number of halogens is 2. The number of thiophene rings is 1. The molecule has 0 N–H and O–H groups in total.